The van der Waals surface area contributed by atoms with E-state index < -0.39 is 11.9 Å². The summed E-state index contributed by atoms with van der Waals surface area (Å²) in [6.07, 6.45) is 1.90. The smallest absolute Gasteiger partial charge is 0.338 e. The van der Waals surface area contributed by atoms with Gasteiger partial charge < -0.3 is 14.8 Å². The molecule has 0 bridgehead atoms. The predicted molar refractivity (Wildman–Crippen MR) is 141 cm³/mol. The van der Waals surface area contributed by atoms with Crippen LogP contribution in [0.15, 0.2) is 66.2 Å². The first-order valence-electron chi connectivity index (χ1n) is 11.2. The number of nitriles is 1. The van der Waals surface area contributed by atoms with E-state index in [2.05, 4.69) is 5.32 Å². The first-order valence-corrected chi connectivity index (χ1v) is 12.0. The van der Waals surface area contributed by atoms with Crippen LogP contribution in [-0.4, -0.2) is 25.1 Å². The van der Waals surface area contributed by atoms with Gasteiger partial charge in [-0.2, -0.15) is 5.26 Å². The van der Waals surface area contributed by atoms with Crippen LogP contribution in [-0.2, 0) is 16.0 Å². The molecule has 0 unspecified atom stereocenters. The molecule has 0 aliphatic heterocycles. The zero-order valence-corrected chi connectivity index (χ0v) is 21.3. The second kappa shape index (κ2) is 12.8. The van der Waals surface area contributed by atoms with Crippen LogP contribution in [0.5, 0.6) is 5.75 Å². The number of rotatable bonds is 9. The molecule has 1 amide bonds. The molecule has 0 aromatic heterocycles. The van der Waals surface area contributed by atoms with Gasteiger partial charge in [-0.05, 0) is 73.5 Å². The first-order chi connectivity index (χ1) is 17.4. The van der Waals surface area contributed by atoms with Gasteiger partial charge in [0.1, 0.15) is 17.4 Å². The van der Waals surface area contributed by atoms with Crippen LogP contribution in [0.2, 0.25) is 10.0 Å². The number of esters is 1. The Morgan fingerprint density at radius 3 is 2.36 bits per heavy atom. The molecule has 6 nitrogen and oxygen atoms in total. The topological polar surface area (TPSA) is 88.4 Å². The standard InChI is InChI=1S/C28H24Cl2N2O4/c1-3-35-26-15-18(14-25(30)23(26)16-20-7-5-6-8-24(20)29)13-21(17-31)27(33)32-22-11-9-19(10-12-22)28(34)36-4-2/h5-15H,3-4,16H2,1-2H3,(H,32,33)/b21-13+. The SMILES string of the molecule is CCOC(=O)c1ccc(NC(=O)/C(C#N)=C/c2cc(Cl)c(Cc3ccccc3Cl)c(OCC)c2)cc1. The lowest BCUT2D eigenvalue weighted by atomic mass is 10.0. The number of benzene rings is 3. The molecule has 36 heavy (non-hydrogen) atoms. The van der Waals surface area contributed by atoms with E-state index >= 15 is 0 Å². The van der Waals surface area contributed by atoms with Crippen molar-refractivity contribution in [2.75, 3.05) is 18.5 Å². The van der Waals surface area contributed by atoms with E-state index in [4.69, 9.17) is 32.7 Å². The van der Waals surface area contributed by atoms with Crippen LogP contribution in [0.25, 0.3) is 6.08 Å². The van der Waals surface area contributed by atoms with E-state index in [1.807, 2.05) is 37.3 Å². The van der Waals surface area contributed by atoms with Gasteiger partial charge in [-0.1, -0.05) is 41.4 Å². The van der Waals surface area contributed by atoms with Crippen molar-refractivity contribution in [1.29, 1.82) is 5.26 Å². The van der Waals surface area contributed by atoms with Gasteiger partial charge in [0, 0.05) is 27.7 Å². The van der Waals surface area contributed by atoms with Crippen molar-refractivity contribution in [3.63, 3.8) is 0 Å². The third-order valence-electron chi connectivity index (χ3n) is 5.13. The summed E-state index contributed by atoms with van der Waals surface area (Å²) in [5, 5.41) is 13.3. The van der Waals surface area contributed by atoms with E-state index in [0.717, 1.165) is 11.1 Å². The predicted octanol–water partition coefficient (Wildman–Crippen LogP) is 6.71. The Balaban J connectivity index is 1.84. The number of amides is 1. The monoisotopic (exact) mass is 522 g/mol. The normalized spacial score (nSPS) is 10.9. The number of nitrogens with one attached hydrogen (secondary N) is 1. The first kappa shape index (κ1) is 26.8. The molecule has 3 aromatic rings. The minimum Gasteiger partial charge on any atom is -0.494 e. The molecule has 0 spiro atoms. The van der Waals surface area contributed by atoms with Gasteiger partial charge in [0.2, 0.25) is 0 Å². The number of nitrogens with zero attached hydrogens (tertiary/aromatic N) is 1. The quantitative estimate of drug-likeness (QED) is 0.191. The van der Waals surface area contributed by atoms with Crippen LogP contribution in [0.1, 0.15) is 40.9 Å². The Labute approximate surface area is 220 Å². The van der Waals surface area contributed by atoms with Gasteiger partial charge in [-0.25, -0.2) is 4.79 Å². The molecule has 8 heteroatoms. The molecule has 0 saturated carbocycles. The summed E-state index contributed by atoms with van der Waals surface area (Å²) in [5.74, 6) is -0.507. The molecule has 0 aliphatic rings. The summed E-state index contributed by atoms with van der Waals surface area (Å²) < 4.78 is 10.8. The van der Waals surface area contributed by atoms with Crippen LogP contribution < -0.4 is 10.1 Å². The zero-order chi connectivity index (χ0) is 26.1. The second-order valence-electron chi connectivity index (χ2n) is 7.60. The fourth-order valence-corrected chi connectivity index (χ4v) is 3.91. The van der Waals surface area contributed by atoms with E-state index in [0.29, 0.717) is 45.6 Å². The maximum Gasteiger partial charge on any atom is 0.338 e. The molecule has 184 valence electrons. The van der Waals surface area contributed by atoms with Crippen LogP contribution in [0.3, 0.4) is 0 Å². The Bertz CT molecular complexity index is 1330. The summed E-state index contributed by atoms with van der Waals surface area (Å²) in [4.78, 5) is 24.5. The summed E-state index contributed by atoms with van der Waals surface area (Å²) in [5.41, 5.74) is 2.86. The van der Waals surface area contributed by atoms with E-state index in [1.165, 1.54) is 18.2 Å². The van der Waals surface area contributed by atoms with E-state index in [1.54, 1.807) is 31.2 Å². The number of ether oxygens (including phenoxy) is 2. The van der Waals surface area contributed by atoms with Gasteiger partial charge in [0.25, 0.3) is 5.91 Å². The Hall–Kier alpha value is -3.79. The number of carbonyl (C=O) groups is 2. The minimum absolute atomic E-state index is 0.123. The Morgan fingerprint density at radius 2 is 1.72 bits per heavy atom. The summed E-state index contributed by atoms with van der Waals surface area (Å²) in [7, 11) is 0. The zero-order valence-electron chi connectivity index (χ0n) is 19.8. The van der Waals surface area contributed by atoms with Crippen molar-refractivity contribution in [3.05, 3.63) is 98.5 Å². The average molecular weight is 523 g/mol. The van der Waals surface area contributed by atoms with Gasteiger partial charge in [0.15, 0.2) is 0 Å². The van der Waals surface area contributed by atoms with Crippen LogP contribution in [0.4, 0.5) is 5.69 Å². The summed E-state index contributed by atoms with van der Waals surface area (Å²) >= 11 is 12.9. The minimum atomic E-state index is -0.601. The van der Waals surface area contributed by atoms with E-state index in [-0.39, 0.29) is 12.2 Å². The fourth-order valence-electron chi connectivity index (χ4n) is 3.42. The number of carbonyl (C=O) groups excluding carboxylic acids is 2. The third-order valence-corrected chi connectivity index (χ3v) is 5.84. The lowest BCUT2D eigenvalue weighted by molar-refractivity contribution is -0.112. The summed E-state index contributed by atoms with van der Waals surface area (Å²) in [6, 6.07) is 19.0. The van der Waals surface area contributed by atoms with Crippen molar-refractivity contribution in [3.8, 4) is 11.8 Å². The molecule has 0 atom stereocenters. The lowest BCUT2D eigenvalue weighted by Crippen LogP contribution is -2.13. The van der Waals surface area contributed by atoms with Crippen molar-refractivity contribution >= 4 is 46.8 Å². The van der Waals surface area contributed by atoms with Gasteiger partial charge in [-0.15, -0.1) is 0 Å². The maximum atomic E-state index is 12.7. The van der Waals surface area contributed by atoms with E-state index in [9.17, 15) is 14.9 Å². The number of hydrogen-bond acceptors (Lipinski definition) is 5. The molecule has 1 N–H and O–H groups in total. The highest BCUT2D eigenvalue weighted by molar-refractivity contribution is 6.32. The van der Waals surface area contributed by atoms with Crippen molar-refractivity contribution in [2.24, 2.45) is 0 Å². The molecule has 0 aliphatic carbocycles. The van der Waals surface area contributed by atoms with Crippen LogP contribution in [0, 0.1) is 11.3 Å². The van der Waals surface area contributed by atoms with Gasteiger partial charge in [0.05, 0.1) is 18.8 Å². The van der Waals surface area contributed by atoms with Crippen molar-refractivity contribution < 1.29 is 19.1 Å². The molecular weight excluding hydrogens is 499 g/mol. The number of halogens is 2. The largest absolute Gasteiger partial charge is 0.494 e. The fraction of sp³-hybridized carbons (Fsp3) is 0.179. The lowest BCUT2D eigenvalue weighted by Gasteiger charge is -2.14. The van der Waals surface area contributed by atoms with Crippen molar-refractivity contribution in [2.45, 2.75) is 20.3 Å². The van der Waals surface area contributed by atoms with Gasteiger partial charge >= 0.3 is 5.97 Å². The van der Waals surface area contributed by atoms with Gasteiger partial charge in [-0.3, -0.25) is 4.79 Å². The second-order valence-corrected chi connectivity index (χ2v) is 8.42. The Morgan fingerprint density at radius 1 is 1.00 bits per heavy atom. The molecular formula is C28H24Cl2N2O4. The molecule has 0 fully saturated rings. The molecule has 0 saturated heterocycles. The summed E-state index contributed by atoms with van der Waals surface area (Å²) in [6.45, 7) is 4.26. The third kappa shape index (κ3) is 6.88. The van der Waals surface area contributed by atoms with Crippen molar-refractivity contribution in [1.82, 2.24) is 0 Å². The average Bonchev–Trinajstić information content (AvgIpc) is 2.86. The highest BCUT2D eigenvalue weighted by Crippen LogP contribution is 2.33. The molecule has 0 radical (unpaired) electrons. The molecule has 3 aromatic carbocycles. The maximum absolute atomic E-state index is 12.7. The highest BCUT2D eigenvalue weighted by Gasteiger charge is 2.15. The Kier molecular flexibility index (Phi) is 9.52. The van der Waals surface area contributed by atoms with Crippen LogP contribution >= 0.6 is 23.2 Å². The number of hydrogen-bond donors (Lipinski definition) is 1. The highest BCUT2D eigenvalue weighted by atomic mass is 35.5. The molecule has 0 heterocycles. The molecule has 3 rings (SSSR count). The number of anilines is 1.